The van der Waals surface area contributed by atoms with Gasteiger partial charge in [-0.2, -0.15) is 5.10 Å². The second-order valence-corrected chi connectivity index (χ2v) is 4.65. The molecule has 5 heteroatoms. The van der Waals surface area contributed by atoms with Crippen LogP contribution < -0.4 is 0 Å². The third kappa shape index (κ3) is 3.20. The lowest BCUT2D eigenvalue weighted by Gasteiger charge is -2.04. The van der Waals surface area contributed by atoms with Gasteiger partial charge in [-0.1, -0.05) is 18.5 Å². The van der Waals surface area contributed by atoms with Crippen molar-refractivity contribution in [1.82, 2.24) is 14.8 Å². The fourth-order valence-corrected chi connectivity index (χ4v) is 2.12. The number of halogens is 1. The van der Waals surface area contributed by atoms with Gasteiger partial charge in [0.1, 0.15) is 5.15 Å². The zero-order valence-corrected chi connectivity index (χ0v) is 11.8. The van der Waals surface area contributed by atoms with Crippen molar-refractivity contribution in [3.63, 3.8) is 0 Å². The number of nitrogens with zero attached hydrogens (tertiary/aromatic N) is 3. The molecule has 19 heavy (non-hydrogen) atoms. The van der Waals surface area contributed by atoms with Crippen LogP contribution in [0.2, 0.25) is 5.15 Å². The molecule has 0 bridgehead atoms. The predicted octanol–water partition coefficient (Wildman–Crippen LogP) is 2.94. The van der Waals surface area contributed by atoms with E-state index in [1.807, 2.05) is 17.7 Å². The number of ketones is 1. The fraction of sp³-hybridized carbons (Fsp3) is 0.357. The first kappa shape index (κ1) is 13.7. The molecule has 2 heterocycles. The van der Waals surface area contributed by atoms with E-state index in [1.165, 1.54) is 0 Å². The van der Waals surface area contributed by atoms with E-state index in [0.717, 1.165) is 24.4 Å². The summed E-state index contributed by atoms with van der Waals surface area (Å²) in [6.45, 7) is 4.83. The number of carbonyl (C=O) groups excluding carboxylic acids is 1. The van der Waals surface area contributed by atoms with Crippen LogP contribution in [0.25, 0.3) is 0 Å². The summed E-state index contributed by atoms with van der Waals surface area (Å²) in [6, 6.07) is 5.27. The number of aromatic nitrogens is 3. The van der Waals surface area contributed by atoms with E-state index in [2.05, 4.69) is 17.0 Å². The molecule has 0 amide bonds. The molecule has 0 spiro atoms. The van der Waals surface area contributed by atoms with E-state index in [1.54, 1.807) is 18.3 Å². The Kier molecular flexibility index (Phi) is 4.32. The molecular weight excluding hydrogens is 262 g/mol. The van der Waals surface area contributed by atoms with Crippen LogP contribution in [-0.2, 0) is 19.4 Å². The maximum atomic E-state index is 12.2. The Balaban J connectivity index is 2.21. The minimum absolute atomic E-state index is 0.0292. The molecule has 0 aliphatic rings. The highest BCUT2D eigenvalue weighted by Crippen LogP contribution is 2.12. The topological polar surface area (TPSA) is 47.8 Å². The Morgan fingerprint density at radius 1 is 1.37 bits per heavy atom. The van der Waals surface area contributed by atoms with Gasteiger partial charge in [-0.3, -0.25) is 9.48 Å². The highest BCUT2D eigenvalue weighted by Gasteiger charge is 2.12. The maximum Gasteiger partial charge on any atom is 0.168 e. The SMILES string of the molecule is CCc1cc(CC(=O)c2ccnc(Cl)c2)n(CC)n1. The van der Waals surface area contributed by atoms with Crippen molar-refractivity contribution >= 4 is 17.4 Å². The minimum Gasteiger partial charge on any atom is -0.294 e. The third-order valence-electron chi connectivity index (χ3n) is 2.97. The van der Waals surface area contributed by atoms with Crippen LogP contribution in [0.5, 0.6) is 0 Å². The lowest BCUT2D eigenvalue weighted by Crippen LogP contribution is -2.09. The largest absolute Gasteiger partial charge is 0.294 e. The first-order valence-corrected chi connectivity index (χ1v) is 6.72. The Bertz CT molecular complexity index is 592. The monoisotopic (exact) mass is 277 g/mol. The Labute approximate surface area is 117 Å². The summed E-state index contributed by atoms with van der Waals surface area (Å²) < 4.78 is 1.87. The van der Waals surface area contributed by atoms with Crippen molar-refractivity contribution in [2.45, 2.75) is 33.2 Å². The molecule has 0 unspecified atom stereocenters. The van der Waals surface area contributed by atoms with Crippen molar-refractivity contribution in [2.24, 2.45) is 0 Å². The molecule has 100 valence electrons. The molecule has 0 atom stereocenters. The minimum atomic E-state index is 0.0292. The molecular formula is C14H16ClN3O. The summed E-state index contributed by atoms with van der Waals surface area (Å²) in [4.78, 5) is 16.1. The molecule has 0 N–H and O–H groups in total. The van der Waals surface area contributed by atoms with Gasteiger partial charge < -0.3 is 0 Å². The van der Waals surface area contributed by atoms with Crippen molar-refractivity contribution in [2.75, 3.05) is 0 Å². The van der Waals surface area contributed by atoms with Crippen LogP contribution in [-0.4, -0.2) is 20.5 Å². The van der Waals surface area contributed by atoms with Crippen LogP contribution in [0.15, 0.2) is 24.4 Å². The summed E-state index contributed by atoms with van der Waals surface area (Å²) in [7, 11) is 0. The number of rotatable bonds is 5. The van der Waals surface area contributed by atoms with Crippen molar-refractivity contribution in [3.8, 4) is 0 Å². The Morgan fingerprint density at radius 3 is 2.79 bits per heavy atom. The Hall–Kier alpha value is -1.68. The molecule has 2 rings (SSSR count). The molecule has 2 aromatic heterocycles. The standard InChI is InChI=1S/C14H16ClN3O/c1-3-11-8-12(18(4-2)17-11)9-13(19)10-5-6-16-14(15)7-10/h5-8H,3-4,9H2,1-2H3. The van der Waals surface area contributed by atoms with E-state index in [4.69, 9.17) is 11.6 Å². The second-order valence-electron chi connectivity index (χ2n) is 4.26. The molecule has 4 nitrogen and oxygen atoms in total. The van der Waals surface area contributed by atoms with Crippen LogP contribution in [0, 0.1) is 0 Å². The van der Waals surface area contributed by atoms with Crippen LogP contribution in [0.3, 0.4) is 0 Å². The quantitative estimate of drug-likeness (QED) is 0.624. The van der Waals surface area contributed by atoms with E-state index >= 15 is 0 Å². The number of pyridine rings is 1. The number of hydrogen-bond acceptors (Lipinski definition) is 3. The normalized spacial score (nSPS) is 10.7. The van der Waals surface area contributed by atoms with Gasteiger partial charge >= 0.3 is 0 Å². The molecule has 0 radical (unpaired) electrons. The smallest absolute Gasteiger partial charge is 0.168 e. The molecule has 0 aromatic carbocycles. The van der Waals surface area contributed by atoms with E-state index in [-0.39, 0.29) is 5.78 Å². The van der Waals surface area contributed by atoms with E-state index < -0.39 is 0 Å². The molecule has 2 aromatic rings. The zero-order valence-electron chi connectivity index (χ0n) is 11.1. The predicted molar refractivity (Wildman–Crippen MR) is 74.6 cm³/mol. The van der Waals surface area contributed by atoms with Gasteiger partial charge in [-0.05, 0) is 31.5 Å². The molecule has 0 saturated carbocycles. The summed E-state index contributed by atoms with van der Waals surface area (Å²) in [5, 5.41) is 4.77. The number of aryl methyl sites for hydroxylation is 2. The summed E-state index contributed by atoms with van der Waals surface area (Å²) in [6.07, 6.45) is 2.75. The van der Waals surface area contributed by atoms with Crippen LogP contribution in [0.1, 0.15) is 35.6 Å². The highest BCUT2D eigenvalue weighted by molar-refractivity contribution is 6.29. The van der Waals surface area contributed by atoms with Crippen molar-refractivity contribution < 1.29 is 4.79 Å². The van der Waals surface area contributed by atoms with Gasteiger partial charge in [0.05, 0.1) is 12.1 Å². The van der Waals surface area contributed by atoms with Gasteiger partial charge in [0.15, 0.2) is 5.78 Å². The molecule has 0 fully saturated rings. The number of hydrogen-bond donors (Lipinski definition) is 0. The van der Waals surface area contributed by atoms with Gasteiger partial charge in [-0.25, -0.2) is 4.98 Å². The number of carbonyl (C=O) groups is 1. The van der Waals surface area contributed by atoms with Gasteiger partial charge in [0, 0.05) is 24.0 Å². The van der Waals surface area contributed by atoms with Crippen LogP contribution >= 0.6 is 11.6 Å². The molecule has 0 saturated heterocycles. The van der Waals surface area contributed by atoms with Crippen molar-refractivity contribution in [1.29, 1.82) is 0 Å². The average molecular weight is 278 g/mol. The lowest BCUT2D eigenvalue weighted by molar-refractivity contribution is 0.0990. The molecule has 0 aliphatic heterocycles. The second kappa shape index (κ2) is 5.97. The zero-order chi connectivity index (χ0) is 13.8. The van der Waals surface area contributed by atoms with Gasteiger partial charge in [0.25, 0.3) is 0 Å². The van der Waals surface area contributed by atoms with E-state index in [0.29, 0.717) is 17.1 Å². The van der Waals surface area contributed by atoms with Gasteiger partial charge in [-0.15, -0.1) is 0 Å². The van der Waals surface area contributed by atoms with Gasteiger partial charge in [0.2, 0.25) is 0 Å². The number of Topliss-reactive ketones (excluding diaryl/α,β-unsaturated/α-hetero) is 1. The Morgan fingerprint density at radius 2 is 2.16 bits per heavy atom. The highest BCUT2D eigenvalue weighted by atomic mass is 35.5. The molecule has 0 aliphatic carbocycles. The first-order chi connectivity index (χ1) is 9.13. The van der Waals surface area contributed by atoms with Crippen molar-refractivity contribution in [3.05, 3.63) is 46.5 Å². The van der Waals surface area contributed by atoms with Crippen LogP contribution in [0.4, 0.5) is 0 Å². The maximum absolute atomic E-state index is 12.2. The summed E-state index contributed by atoms with van der Waals surface area (Å²) in [5.41, 5.74) is 2.54. The first-order valence-electron chi connectivity index (χ1n) is 6.34. The third-order valence-corrected chi connectivity index (χ3v) is 3.17. The fourth-order valence-electron chi connectivity index (χ4n) is 1.95. The lowest BCUT2D eigenvalue weighted by atomic mass is 10.1. The summed E-state index contributed by atoms with van der Waals surface area (Å²) >= 11 is 5.80. The van der Waals surface area contributed by atoms with E-state index in [9.17, 15) is 4.79 Å². The average Bonchev–Trinajstić information content (AvgIpc) is 2.81. The summed E-state index contributed by atoms with van der Waals surface area (Å²) in [5.74, 6) is 0.0292.